The first-order valence-corrected chi connectivity index (χ1v) is 4.21. The lowest BCUT2D eigenvalue weighted by atomic mass is 9.99. The molecular formula is C10H13FN2O. The standard InChI is InChI=1S/C10H13FN2O/c1-6-4-7(5-13-2)9(12)8(11)10(6)14-3/h4-5,12-13H,1-3H3/b7-5-,12-9?. The Hall–Kier alpha value is -1.58. The third kappa shape index (κ3) is 1.69. The zero-order chi connectivity index (χ0) is 10.7. The smallest absolute Gasteiger partial charge is 0.190 e. The van der Waals surface area contributed by atoms with Crippen molar-refractivity contribution >= 4 is 5.71 Å². The summed E-state index contributed by atoms with van der Waals surface area (Å²) in [5.41, 5.74) is 1.05. The van der Waals surface area contributed by atoms with E-state index in [4.69, 9.17) is 10.1 Å². The van der Waals surface area contributed by atoms with E-state index in [-0.39, 0.29) is 11.5 Å². The van der Waals surface area contributed by atoms with Gasteiger partial charge < -0.3 is 10.1 Å². The normalized spacial score (nSPS) is 19.9. The van der Waals surface area contributed by atoms with Gasteiger partial charge in [0.1, 0.15) is 5.71 Å². The van der Waals surface area contributed by atoms with Crippen LogP contribution in [-0.2, 0) is 4.74 Å². The average molecular weight is 196 g/mol. The second-order valence-corrected chi connectivity index (χ2v) is 2.94. The third-order valence-corrected chi connectivity index (χ3v) is 1.94. The molecule has 1 aliphatic carbocycles. The van der Waals surface area contributed by atoms with Gasteiger partial charge in [-0.05, 0) is 18.6 Å². The first kappa shape index (κ1) is 10.5. The Labute approximate surface area is 82.5 Å². The van der Waals surface area contributed by atoms with Crippen molar-refractivity contribution in [3.8, 4) is 0 Å². The van der Waals surface area contributed by atoms with Crippen LogP contribution in [0.25, 0.3) is 0 Å². The summed E-state index contributed by atoms with van der Waals surface area (Å²) < 4.78 is 18.3. The van der Waals surface area contributed by atoms with Crippen LogP contribution < -0.4 is 5.32 Å². The molecule has 0 saturated carbocycles. The van der Waals surface area contributed by atoms with E-state index in [1.165, 1.54) is 7.11 Å². The molecule has 1 aliphatic rings. The number of methoxy groups -OCH3 is 1. The van der Waals surface area contributed by atoms with E-state index < -0.39 is 5.83 Å². The molecule has 0 atom stereocenters. The van der Waals surface area contributed by atoms with Gasteiger partial charge in [-0.15, -0.1) is 0 Å². The quantitative estimate of drug-likeness (QED) is 0.708. The van der Waals surface area contributed by atoms with Crippen molar-refractivity contribution in [1.29, 1.82) is 5.41 Å². The summed E-state index contributed by atoms with van der Waals surface area (Å²) in [5, 5.41) is 10.3. The second-order valence-electron chi connectivity index (χ2n) is 2.94. The van der Waals surface area contributed by atoms with Gasteiger partial charge in [-0.1, -0.05) is 0 Å². The Balaban J connectivity index is 3.16. The van der Waals surface area contributed by atoms with Crippen LogP contribution in [0, 0.1) is 5.41 Å². The number of hydrogen-bond donors (Lipinski definition) is 2. The molecule has 4 heteroatoms. The fourth-order valence-corrected chi connectivity index (χ4v) is 1.30. The predicted molar refractivity (Wildman–Crippen MR) is 53.8 cm³/mol. The molecule has 0 aliphatic heterocycles. The first-order chi connectivity index (χ1) is 6.61. The highest BCUT2D eigenvalue weighted by atomic mass is 19.1. The molecule has 0 aromatic heterocycles. The van der Waals surface area contributed by atoms with Crippen molar-refractivity contribution in [3.05, 3.63) is 35.0 Å². The first-order valence-electron chi connectivity index (χ1n) is 4.21. The minimum Gasteiger partial charge on any atom is -0.493 e. The molecule has 2 N–H and O–H groups in total. The highest BCUT2D eigenvalue weighted by molar-refractivity contribution is 6.12. The summed E-state index contributed by atoms with van der Waals surface area (Å²) in [5.74, 6) is -0.475. The van der Waals surface area contributed by atoms with Gasteiger partial charge in [0.05, 0.1) is 7.11 Å². The van der Waals surface area contributed by atoms with Gasteiger partial charge >= 0.3 is 0 Å². The lowest BCUT2D eigenvalue weighted by molar-refractivity contribution is 0.288. The molecule has 0 heterocycles. The van der Waals surface area contributed by atoms with Crippen molar-refractivity contribution in [2.75, 3.05) is 14.2 Å². The van der Waals surface area contributed by atoms with Crippen LogP contribution >= 0.6 is 0 Å². The lowest BCUT2D eigenvalue weighted by Crippen LogP contribution is -2.13. The Morgan fingerprint density at radius 2 is 2.21 bits per heavy atom. The Morgan fingerprint density at radius 3 is 2.71 bits per heavy atom. The lowest BCUT2D eigenvalue weighted by Gasteiger charge is -2.16. The zero-order valence-electron chi connectivity index (χ0n) is 8.44. The van der Waals surface area contributed by atoms with Crippen molar-refractivity contribution in [2.45, 2.75) is 6.92 Å². The van der Waals surface area contributed by atoms with Gasteiger partial charge in [-0.3, -0.25) is 5.41 Å². The third-order valence-electron chi connectivity index (χ3n) is 1.94. The summed E-state index contributed by atoms with van der Waals surface area (Å²) in [4.78, 5) is 0. The van der Waals surface area contributed by atoms with E-state index >= 15 is 0 Å². The maximum absolute atomic E-state index is 13.5. The van der Waals surface area contributed by atoms with Crippen LogP contribution in [0.4, 0.5) is 4.39 Å². The Morgan fingerprint density at radius 1 is 1.57 bits per heavy atom. The predicted octanol–water partition coefficient (Wildman–Crippen LogP) is 1.90. The number of nitrogens with one attached hydrogen (secondary N) is 2. The van der Waals surface area contributed by atoms with Crippen LogP contribution in [0.3, 0.4) is 0 Å². The SMILES string of the molecule is CN/C=C1/C=C(C)C(OC)=C(F)C1=N. The molecule has 0 spiro atoms. The van der Waals surface area contributed by atoms with Crippen molar-refractivity contribution in [3.63, 3.8) is 0 Å². The number of hydrogen-bond acceptors (Lipinski definition) is 3. The molecule has 0 amide bonds. The van der Waals surface area contributed by atoms with Gasteiger partial charge in [0.2, 0.25) is 0 Å². The molecule has 0 aromatic rings. The van der Waals surface area contributed by atoms with Crippen LogP contribution in [0.2, 0.25) is 0 Å². The fraction of sp³-hybridized carbons (Fsp3) is 0.300. The summed E-state index contributed by atoms with van der Waals surface area (Å²) >= 11 is 0. The van der Waals surface area contributed by atoms with E-state index in [2.05, 4.69) is 5.32 Å². The Kier molecular flexibility index (Phi) is 3.06. The van der Waals surface area contributed by atoms with Crippen molar-refractivity contribution in [1.82, 2.24) is 5.32 Å². The largest absolute Gasteiger partial charge is 0.493 e. The summed E-state index contributed by atoms with van der Waals surface area (Å²) in [6.45, 7) is 1.74. The molecule has 0 bridgehead atoms. The van der Waals surface area contributed by atoms with Crippen molar-refractivity contribution in [2.24, 2.45) is 0 Å². The van der Waals surface area contributed by atoms with Gasteiger partial charge in [-0.25, -0.2) is 4.39 Å². The molecule has 0 unspecified atom stereocenters. The highest BCUT2D eigenvalue weighted by Gasteiger charge is 2.21. The molecule has 1 rings (SSSR count). The average Bonchev–Trinajstić information content (AvgIpc) is 2.15. The molecule has 0 saturated heterocycles. The minimum atomic E-state index is -0.617. The second kappa shape index (κ2) is 4.09. The molecule has 3 nitrogen and oxygen atoms in total. The molecule has 14 heavy (non-hydrogen) atoms. The fourth-order valence-electron chi connectivity index (χ4n) is 1.30. The topological polar surface area (TPSA) is 45.1 Å². The summed E-state index contributed by atoms with van der Waals surface area (Å²) in [6.07, 6.45) is 3.29. The van der Waals surface area contributed by atoms with Crippen LogP contribution in [0.1, 0.15) is 6.92 Å². The van der Waals surface area contributed by atoms with Crippen molar-refractivity contribution < 1.29 is 9.13 Å². The highest BCUT2D eigenvalue weighted by Crippen LogP contribution is 2.26. The van der Waals surface area contributed by atoms with E-state index in [0.29, 0.717) is 11.1 Å². The maximum Gasteiger partial charge on any atom is 0.190 e. The Bertz CT molecular complexity index is 353. The molecule has 0 fully saturated rings. The number of ether oxygens (including phenoxy) is 1. The summed E-state index contributed by atoms with van der Waals surface area (Å²) in [7, 11) is 3.10. The van der Waals surface area contributed by atoms with E-state index in [1.54, 1.807) is 26.2 Å². The maximum atomic E-state index is 13.5. The van der Waals surface area contributed by atoms with Crippen LogP contribution in [0.5, 0.6) is 0 Å². The van der Waals surface area contributed by atoms with Gasteiger partial charge in [0, 0.05) is 18.8 Å². The van der Waals surface area contributed by atoms with Crippen LogP contribution in [-0.4, -0.2) is 19.9 Å². The molecule has 76 valence electrons. The molecule has 0 radical (unpaired) electrons. The van der Waals surface area contributed by atoms with Gasteiger partial charge in [-0.2, -0.15) is 0 Å². The number of allylic oxidation sites excluding steroid dienone is 4. The van der Waals surface area contributed by atoms with E-state index in [0.717, 1.165) is 0 Å². The summed E-state index contributed by atoms with van der Waals surface area (Å²) in [6, 6.07) is 0. The zero-order valence-corrected chi connectivity index (χ0v) is 8.44. The monoisotopic (exact) mass is 196 g/mol. The molecular weight excluding hydrogens is 183 g/mol. The van der Waals surface area contributed by atoms with Gasteiger partial charge in [0.25, 0.3) is 0 Å². The number of rotatable bonds is 2. The minimum absolute atomic E-state index is 0.142. The van der Waals surface area contributed by atoms with E-state index in [9.17, 15) is 4.39 Å². The number of halogens is 1. The van der Waals surface area contributed by atoms with E-state index in [1.807, 2.05) is 0 Å². The van der Waals surface area contributed by atoms with Crippen LogP contribution in [0.15, 0.2) is 35.0 Å². The molecule has 0 aromatic carbocycles. The van der Waals surface area contributed by atoms with Gasteiger partial charge in [0.15, 0.2) is 11.6 Å².